The van der Waals surface area contributed by atoms with Crippen LogP contribution >= 0.6 is 0 Å². The summed E-state index contributed by atoms with van der Waals surface area (Å²) in [6.45, 7) is 3.25. The van der Waals surface area contributed by atoms with E-state index in [4.69, 9.17) is 4.74 Å². The number of likely N-dealkylation sites (tertiary alicyclic amines) is 1. The third kappa shape index (κ3) is 4.16. The van der Waals surface area contributed by atoms with Crippen LogP contribution in [-0.4, -0.2) is 74.9 Å². The number of carbonyl (C=O) groups excluding carboxylic acids is 1. The molecule has 0 aromatic carbocycles. The van der Waals surface area contributed by atoms with Gasteiger partial charge in [0, 0.05) is 32.2 Å². The van der Waals surface area contributed by atoms with Gasteiger partial charge in [-0.1, -0.05) is 12.8 Å². The van der Waals surface area contributed by atoms with Gasteiger partial charge in [-0.25, -0.2) is 17.9 Å². The van der Waals surface area contributed by atoms with Gasteiger partial charge in [0.05, 0.1) is 18.5 Å². The summed E-state index contributed by atoms with van der Waals surface area (Å²) in [6.07, 6.45) is 5.44. The zero-order valence-corrected chi connectivity index (χ0v) is 14.4. The van der Waals surface area contributed by atoms with Crippen LogP contribution in [0.4, 0.5) is 4.79 Å². The average Bonchev–Trinajstić information content (AvgIpc) is 3.07. The normalized spacial score (nSPS) is 27.4. The molecule has 3 rings (SSSR count). The Bertz CT molecular complexity index is 513. The molecule has 0 aromatic rings. The van der Waals surface area contributed by atoms with Gasteiger partial charge >= 0.3 is 6.03 Å². The minimum absolute atomic E-state index is 0.0472. The molecule has 8 heteroatoms. The van der Waals surface area contributed by atoms with Crippen molar-refractivity contribution in [3.05, 3.63) is 0 Å². The van der Waals surface area contributed by atoms with Crippen molar-refractivity contribution in [2.75, 3.05) is 39.4 Å². The van der Waals surface area contributed by atoms with E-state index in [2.05, 4.69) is 4.72 Å². The molecule has 0 bridgehead atoms. The first-order valence-electron chi connectivity index (χ1n) is 8.69. The summed E-state index contributed by atoms with van der Waals surface area (Å²) in [6, 6.07) is 0.0411. The summed E-state index contributed by atoms with van der Waals surface area (Å²) in [5, 5.41) is -0.484. The van der Waals surface area contributed by atoms with Gasteiger partial charge in [-0.3, -0.25) is 0 Å². The highest BCUT2D eigenvalue weighted by atomic mass is 32.2. The number of ether oxygens (including phenoxy) is 1. The van der Waals surface area contributed by atoms with Crippen molar-refractivity contribution < 1.29 is 17.9 Å². The van der Waals surface area contributed by atoms with Crippen LogP contribution in [0.1, 0.15) is 38.5 Å². The van der Waals surface area contributed by atoms with Gasteiger partial charge in [-0.05, 0) is 25.7 Å². The molecule has 0 radical (unpaired) electrons. The second-order valence-electron chi connectivity index (χ2n) is 6.74. The Hall–Kier alpha value is -0.860. The molecule has 7 nitrogen and oxygen atoms in total. The summed E-state index contributed by atoms with van der Waals surface area (Å²) in [4.78, 5) is 16.0. The highest BCUT2D eigenvalue weighted by molar-refractivity contribution is 7.90. The molecule has 0 unspecified atom stereocenters. The second kappa shape index (κ2) is 7.36. The summed E-state index contributed by atoms with van der Waals surface area (Å²) < 4.78 is 33.3. The fraction of sp³-hybridized carbons (Fsp3) is 0.933. The number of morpholine rings is 1. The summed E-state index contributed by atoms with van der Waals surface area (Å²) in [5.74, 6) is 0. The zero-order chi connectivity index (χ0) is 16.3. The van der Waals surface area contributed by atoms with Crippen LogP contribution in [0.3, 0.4) is 0 Å². The predicted molar refractivity (Wildman–Crippen MR) is 86.7 cm³/mol. The first-order chi connectivity index (χ1) is 11.1. The number of urea groups is 1. The molecule has 1 aliphatic carbocycles. The molecule has 132 valence electrons. The number of hydrogen-bond donors (Lipinski definition) is 1. The van der Waals surface area contributed by atoms with Crippen LogP contribution in [0.15, 0.2) is 0 Å². The van der Waals surface area contributed by atoms with Crippen molar-refractivity contribution in [2.24, 2.45) is 0 Å². The van der Waals surface area contributed by atoms with Gasteiger partial charge in [0.25, 0.3) is 0 Å². The predicted octanol–water partition coefficient (Wildman–Crippen LogP) is 0.765. The lowest BCUT2D eigenvalue weighted by Gasteiger charge is -2.37. The molecule has 0 spiro atoms. The number of amides is 2. The van der Waals surface area contributed by atoms with Crippen molar-refractivity contribution in [1.82, 2.24) is 14.5 Å². The van der Waals surface area contributed by atoms with Crippen molar-refractivity contribution in [3.63, 3.8) is 0 Å². The Kier molecular flexibility index (Phi) is 5.43. The van der Waals surface area contributed by atoms with E-state index in [0.29, 0.717) is 45.8 Å². The van der Waals surface area contributed by atoms with E-state index < -0.39 is 15.3 Å². The maximum absolute atomic E-state index is 12.6. The first kappa shape index (κ1) is 17.0. The SMILES string of the molecule is O=C(N1CCOCC1)N1CCC[C@H](S(=O)(=O)NC2CCCC2)C1. The molecule has 23 heavy (non-hydrogen) atoms. The molecular weight excluding hydrogens is 318 g/mol. The van der Waals surface area contributed by atoms with Crippen LogP contribution in [0.5, 0.6) is 0 Å². The van der Waals surface area contributed by atoms with Crippen molar-refractivity contribution in [3.8, 4) is 0 Å². The third-order valence-electron chi connectivity index (χ3n) is 5.06. The Balaban J connectivity index is 1.59. The van der Waals surface area contributed by atoms with E-state index in [9.17, 15) is 13.2 Å². The smallest absolute Gasteiger partial charge is 0.320 e. The lowest BCUT2D eigenvalue weighted by atomic mass is 10.1. The van der Waals surface area contributed by atoms with Crippen molar-refractivity contribution >= 4 is 16.1 Å². The molecule has 3 fully saturated rings. The fourth-order valence-corrected chi connectivity index (χ4v) is 5.44. The van der Waals surface area contributed by atoms with Crippen LogP contribution in [-0.2, 0) is 14.8 Å². The molecule has 1 saturated carbocycles. The minimum atomic E-state index is -3.35. The topological polar surface area (TPSA) is 79.0 Å². The summed E-state index contributed by atoms with van der Waals surface area (Å²) in [7, 11) is -3.35. The lowest BCUT2D eigenvalue weighted by Crippen LogP contribution is -2.54. The highest BCUT2D eigenvalue weighted by Crippen LogP contribution is 2.22. The zero-order valence-electron chi connectivity index (χ0n) is 13.6. The number of carbonyl (C=O) groups is 1. The minimum Gasteiger partial charge on any atom is -0.378 e. The van der Waals surface area contributed by atoms with Crippen LogP contribution in [0.25, 0.3) is 0 Å². The first-order valence-corrected chi connectivity index (χ1v) is 10.2. The molecule has 1 N–H and O–H groups in total. The quantitative estimate of drug-likeness (QED) is 0.819. The standard InChI is InChI=1S/C15H27N3O4S/c19-15(17-8-10-22-11-9-17)18-7-3-6-14(12-18)23(20,21)16-13-4-1-2-5-13/h13-14,16H,1-12H2/t14-/m0/s1. The van der Waals surface area contributed by atoms with E-state index in [1.165, 1.54) is 0 Å². The molecule has 2 aliphatic heterocycles. The van der Waals surface area contributed by atoms with E-state index in [1.54, 1.807) is 9.80 Å². The van der Waals surface area contributed by atoms with E-state index in [-0.39, 0.29) is 12.1 Å². The van der Waals surface area contributed by atoms with E-state index >= 15 is 0 Å². The van der Waals surface area contributed by atoms with Crippen LogP contribution < -0.4 is 4.72 Å². The van der Waals surface area contributed by atoms with Gasteiger partial charge in [0.2, 0.25) is 10.0 Å². The Morgan fingerprint density at radius 2 is 1.65 bits per heavy atom. The van der Waals surface area contributed by atoms with E-state index in [0.717, 1.165) is 32.1 Å². The number of piperidine rings is 1. The van der Waals surface area contributed by atoms with Crippen molar-refractivity contribution in [2.45, 2.75) is 49.8 Å². The Labute approximate surface area is 138 Å². The third-order valence-corrected chi connectivity index (χ3v) is 6.98. The number of sulfonamides is 1. The number of nitrogens with one attached hydrogen (secondary N) is 1. The number of hydrogen-bond acceptors (Lipinski definition) is 4. The molecule has 2 heterocycles. The monoisotopic (exact) mass is 345 g/mol. The highest BCUT2D eigenvalue weighted by Gasteiger charge is 2.35. The fourth-order valence-electron chi connectivity index (χ4n) is 3.69. The van der Waals surface area contributed by atoms with Crippen molar-refractivity contribution in [1.29, 1.82) is 0 Å². The largest absolute Gasteiger partial charge is 0.378 e. The molecule has 0 aromatic heterocycles. The molecule has 2 amide bonds. The van der Waals surface area contributed by atoms with E-state index in [1.807, 2.05) is 0 Å². The Morgan fingerprint density at radius 3 is 2.35 bits per heavy atom. The van der Waals surface area contributed by atoms with Gasteiger partial charge in [0.15, 0.2) is 0 Å². The van der Waals surface area contributed by atoms with Gasteiger partial charge < -0.3 is 14.5 Å². The lowest BCUT2D eigenvalue weighted by molar-refractivity contribution is 0.0418. The number of rotatable bonds is 3. The maximum atomic E-state index is 12.6. The van der Waals surface area contributed by atoms with Gasteiger partial charge in [-0.2, -0.15) is 0 Å². The average molecular weight is 345 g/mol. The van der Waals surface area contributed by atoms with Gasteiger partial charge in [-0.15, -0.1) is 0 Å². The van der Waals surface area contributed by atoms with Crippen LogP contribution in [0.2, 0.25) is 0 Å². The van der Waals surface area contributed by atoms with Gasteiger partial charge in [0.1, 0.15) is 0 Å². The molecular formula is C15H27N3O4S. The summed E-state index contributed by atoms with van der Waals surface area (Å²) >= 11 is 0. The summed E-state index contributed by atoms with van der Waals surface area (Å²) in [5.41, 5.74) is 0. The van der Waals surface area contributed by atoms with Crippen LogP contribution in [0, 0.1) is 0 Å². The molecule has 3 aliphatic rings. The molecule has 1 atom stereocenters. The second-order valence-corrected chi connectivity index (χ2v) is 8.73. The maximum Gasteiger partial charge on any atom is 0.320 e. The Morgan fingerprint density at radius 1 is 0.957 bits per heavy atom. The molecule has 2 saturated heterocycles. The number of nitrogens with zero attached hydrogens (tertiary/aromatic N) is 2.